The fraction of sp³-hybridized carbons (Fsp3) is 0.375. The number of anilines is 1. The van der Waals surface area contributed by atoms with Crippen molar-refractivity contribution in [2.75, 3.05) is 17.1 Å². The zero-order valence-electron chi connectivity index (χ0n) is 23.9. The van der Waals surface area contributed by atoms with Crippen LogP contribution in [0.3, 0.4) is 0 Å². The Bertz CT molecular complexity index is 1350. The smallest absolute Gasteiger partial charge is 0.243 e. The van der Waals surface area contributed by atoms with Crippen LogP contribution in [0.15, 0.2) is 84.9 Å². The third kappa shape index (κ3) is 9.23. The number of hydrogen-bond acceptors (Lipinski definition) is 4. The Labute approximate surface area is 239 Å². The molecule has 7 nitrogen and oxygen atoms in total. The lowest BCUT2D eigenvalue weighted by Crippen LogP contribution is -2.52. The molecule has 3 aromatic carbocycles. The van der Waals surface area contributed by atoms with Gasteiger partial charge >= 0.3 is 0 Å². The van der Waals surface area contributed by atoms with Crippen LogP contribution in [0.1, 0.15) is 49.8 Å². The first kappa shape index (κ1) is 30.9. The van der Waals surface area contributed by atoms with Crippen molar-refractivity contribution in [1.82, 2.24) is 10.2 Å². The fourth-order valence-corrected chi connectivity index (χ4v) is 5.57. The number of nitrogens with one attached hydrogen (secondary N) is 1. The molecule has 0 bridgehead atoms. The van der Waals surface area contributed by atoms with E-state index in [1.165, 1.54) is 10.6 Å². The molecule has 8 heteroatoms. The van der Waals surface area contributed by atoms with Crippen LogP contribution in [0.5, 0.6) is 0 Å². The lowest BCUT2D eigenvalue weighted by Gasteiger charge is -2.33. The van der Waals surface area contributed by atoms with Crippen LogP contribution in [-0.2, 0) is 32.6 Å². The molecule has 0 spiro atoms. The van der Waals surface area contributed by atoms with E-state index in [4.69, 9.17) is 0 Å². The highest BCUT2D eigenvalue weighted by Crippen LogP contribution is 2.20. The summed E-state index contributed by atoms with van der Waals surface area (Å²) in [6.45, 7) is 6.40. The van der Waals surface area contributed by atoms with Crippen molar-refractivity contribution in [3.8, 4) is 0 Å². The van der Waals surface area contributed by atoms with Crippen molar-refractivity contribution in [2.45, 2.75) is 65.1 Å². The highest BCUT2D eigenvalue weighted by molar-refractivity contribution is 7.92. The molecule has 0 aliphatic rings. The number of amides is 2. The van der Waals surface area contributed by atoms with Gasteiger partial charge in [-0.05, 0) is 49.9 Å². The zero-order valence-corrected chi connectivity index (χ0v) is 24.7. The largest absolute Gasteiger partial charge is 0.352 e. The standard InChI is InChI=1S/C32H41N3O4S/c1-5-26(3)33-32(37)30(23-27-15-8-6-9-16-27)34(24-28-17-12-14-25(2)22-28)31(36)20-13-21-35(40(4,38)39)29-18-10-7-11-19-29/h6-12,14-19,22,26,30H,5,13,20-21,23-24H2,1-4H3,(H,33,37)/t26-,30-/m1/s1. The molecule has 0 aliphatic carbocycles. The molecule has 3 aromatic rings. The Morgan fingerprint density at radius 2 is 1.52 bits per heavy atom. The van der Waals surface area contributed by atoms with Gasteiger partial charge in [-0.3, -0.25) is 13.9 Å². The summed E-state index contributed by atoms with van der Waals surface area (Å²) in [5.74, 6) is -0.385. The van der Waals surface area contributed by atoms with Gasteiger partial charge in [0.05, 0.1) is 11.9 Å². The quantitative estimate of drug-likeness (QED) is 0.296. The Morgan fingerprint density at radius 1 is 0.900 bits per heavy atom. The average Bonchev–Trinajstić information content (AvgIpc) is 2.93. The Morgan fingerprint density at radius 3 is 2.12 bits per heavy atom. The van der Waals surface area contributed by atoms with E-state index in [1.54, 1.807) is 29.2 Å². The number of hydrogen-bond donors (Lipinski definition) is 1. The first-order chi connectivity index (χ1) is 19.1. The minimum Gasteiger partial charge on any atom is -0.352 e. The molecule has 0 unspecified atom stereocenters. The third-order valence-corrected chi connectivity index (χ3v) is 8.10. The number of benzene rings is 3. The summed E-state index contributed by atoms with van der Waals surface area (Å²) in [6.07, 6.45) is 2.74. The molecule has 1 N–H and O–H groups in total. The van der Waals surface area contributed by atoms with Crippen molar-refractivity contribution in [2.24, 2.45) is 0 Å². The van der Waals surface area contributed by atoms with E-state index in [0.29, 0.717) is 18.5 Å². The van der Waals surface area contributed by atoms with Crippen molar-refractivity contribution in [3.05, 3.63) is 102 Å². The van der Waals surface area contributed by atoms with Crippen LogP contribution in [0.25, 0.3) is 0 Å². The molecule has 214 valence electrons. The lowest BCUT2D eigenvalue weighted by atomic mass is 10.0. The lowest BCUT2D eigenvalue weighted by molar-refractivity contribution is -0.141. The zero-order chi connectivity index (χ0) is 29.1. The average molecular weight is 564 g/mol. The molecule has 0 aromatic heterocycles. The van der Waals surface area contributed by atoms with E-state index in [-0.39, 0.29) is 37.4 Å². The van der Waals surface area contributed by atoms with Crippen molar-refractivity contribution in [3.63, 3.8) is 0 Å². The van der Waals surface area contributed by atoms with E-state index in [1.807, 2.05) is 81.4 Å². The molecule has 2 amide bonds. The van der Waals surface area contributed by atoms with Crippen LogP contribution < -0.4 is 9.62 Å². The molecule has 2 atom stereocenters. The fourth-order valence-electron chi connectivity index (χ4n) is 4.60. The summed E-state index contributed by atoms with van der Waals surface area (Å²) in [5, 5.41) is 3.08. The first-order valence-corrected chi connectivity index (χ1v) is 15.7. The number of aryl methyl sites for hydroxylation is 1. The van der Waals surface area contributed by atoms with E-state index < -0.39 is 16.1 Å². The van der Waals surface area contributed by atoms with Gasteiger partial charge in [-0.2, -0.15) is 0 Å². The van der Waals surface area contributed by atoms with Gasteiger partial charge < -0.3 is 10.2 Å². The minimum atomic E-state index is -3.53. The number of sulfonamides is 1. The predicted octanol–water partition coefficient (Wildman–Crippen LogP) is 5.10. The predicted molar refractivity (Wildman–Crippen MR) is 161 cm³/mol. The van der Waals surface area contributed by atoms with E-state index in [2.05, 4.69) is 5.32 Å². The van der Waals surface area contributed by atoms with Gasteiger partial charge in [-0.15, -0.1) is 0 Å². The number of nitrogens with zero attached hydrogens (tertiary/aromatic N) is 2. The number of para-hydroxylation sites is 1. The second-order valence-corrected chi connectivity index (χ2v) is 12.2. The summed E-state index contributed by atoms with van der Waals surface area (Å²) in [5.41, 5.74) is 3.52. The number of carbonyl (C=O) groups is 2. The first-order valence-electron chi connectivity index (χ1n) is 13.8. The van der Waals surface area contributed by atoms with Gasteiger partial charge in [-0.1, -0.05) is 85.3 Å². The highest BCUT2D eigenvalue weighted by atomic mass is 32.2. The van der Waals surface area contributed by atoms with Gasteiger partial charge in [0, 0.05) is 32.0 Å². The van der Waals surface area contributed by atoms with Gasteiger partial charge in [-0.25, -0.2) is 8.42 Å². The van der Waals surface area contributed by atoms with Crippen LogP contribution in [-0.4, -0.2) is 50.0 Å². The maximum Gasteiger partial charge on any atom is 0.243 e. The molecule has 40 heavy (non-hydrogen) atoms. The van der Waals surface area contributed by atoms with Crippen LogP contribution in [0, 0.1) is 6.92 Å². The molecule has 0 fully saturated rings. The van der Waals surface area contributed by atoms with E-state index >= 15 is 0 Å². The topological polar surface area (TPSA) is 86.8 Å². The summed E-state index contributed by atoms with van der Waals surface area (Å²) in [6, 6.07) is 25.7. The Kier molecular flexibility index (Phi) is 11.3. The molecule has 0 heterocycles. The second-order valence-electron chi connectivity index (χ2n) is 10.3. The van der Waals surface area contributed by atoms with Crippen molar-refractivity contribution in [1.29, 1.82) is 0 Å². The molecule has 0 saturated carbocycles. The highest BCUT2D eigenvalue weighted by Gasteiger charge is 2.31. The second kappa shape index (κ2) is 14.7. The summed E-state index contributed by atoms with van der Waals surface area (Å²) >= 11 is 0. The molecule has 0 saturated heterocycles. The van der Waals surface area contributed by atoms with Gasteiger partial charge in [0.25, 0.3) is 0 Å². The number of carbonyl (C=O) groups excluding carboxylic acids is 2. The van der Waals surface area contributed by atoms with Gasteiger partial charge in [0.2, 0.25) is 21.8 Å². The molecular formula is C32H41N3O4S. The summed E-state index contributed by atoms with van der Waals surface area (Å²) in [4.78, 5) is 29.2. The van der Waals surface area contributed by atoms with Gasteiger partial charge in [0.1, 0.15) is 6.04 Å². The Hall–Kier alpha value is -3.65. The monoisotopic (exact) mass is 563 g/mol. The van der Waals surface area contributed by atoms with Crippen LogP contribution in [0.4, 0.5) is 5.69 Å². The van der Waals surface area contributed by atoms with Crippen molar-refractivity contribution < 1.29 is 18.0 Å². The van der Waals surface area contributed by atoms with Crippen LogP contribution >= 0.6 is 0 Å². The summed E-state index contributed by atoms with van der Waals surface area (Å²) < 4.78 is 26.4. The molecule has 3 rings (SSSR count). The minimum absolute atomic E-state index is 0.0316. The maximum atomic E-state index is 13.9. The third-order valence-electron chi connectivity index (χ3n) is 6.90. The van der Waals surface area contributed by atoms with Gasteiger partial charge in [0.15, 0.2) is 0 Å². The maximum absolute atomic E-state index is 13.9. The Balaban J connectivity index is 1.88. The molecule has 0 aliphatic heterocycles. The SMILES string of the molecule is CC[C@@H](C)NC(=O)[C@@H](Cc1ccccc1)N(Cc1cccc(C)c1)C(=O)CCCN(c1ccccc1)S(C)(=O)=O. The number of rotatable bonds is 14. The molecular weight excluding hydrogens is 522 g/mol. The van der Waals surface area contributed by atoms with Crippen LogP contribution in [0.2, 0.25) is 0 Å². The van der Waals surface area contributed by atoms with E-state index in [0.717, 1.165) is 23.1 Å². The van der Waals surface area contributed by atoms with Crippen molar-refractivity contribution >= 4 is 27.5 Å². The summed E-state index contributed by atoms with van der Waals surface area (Å²) in [7, 11) is -3.53. The molecule has 0 radical (unpaired) electrons. The normalized spacial score (nSPS) is 12.8. The van der Waals surface area contributed by atoms with E-state index in [9.17, 15) is 18.0 Å².